The molecule has 3 aromatic rings. The van der Waals surface area contributed by atoms with Crippen molar-refractivity contribution in [3.8, 4) is 5.75 Å². The number of carbonyl (C=O) groups is 2. The highest BCUT2D eigenvalue weighted by Gasteiger charge is 2.44. The minimum absolute atomic E-state index is 0.110. The Morgan fingerprint density at radius 2 is 1.83 bits per heavy atom. The van der Waals surface area contributed by atoms with Crippen LogP contribution in [0.25, 0.3) is 10.8 Å². The fourth-order valence-corrected chi connectivity index (χ4v) is 4.57. The maximum absolute atomic E-state index is 12.9. The fraction of sp³-hybridized carbons (Fsp3) is 0.250. The molecule has 30 heavy (non-hydrogen) atoms. The number of nitrogens with one attached hydrogen (secondary N) is 1. The number of hydrogen-bond acceptors (Lipinski definition) is 3. The lowest BCUT2D eigenvalue weighted by molar-refractivity contribution is 0.00157. The van der Waals surface area contributed by atoms with E-state index in [-0.39, 0.29) is 11.8 Å². The SMILES string of the molecule is O=C1CC2(CCN(C(=O)Nc3cccc(Cl)c3)CC2)Oc2c1ccc1ccccc21. The van der Waals surface area contributed by atoms with Crippen molar-refractivity contribution in [1.82, 2.24) is 4.90 Å². The number of benzene rings is 3. The number of piperidine rings is 1. The van der Waals surface area contributed by atoms with Crippen LogP contribution in [0, 0.1) is 0 Å². The second kappa shape index (κ2) is 7.33. The second-order valence-electron chi connectivity index (χ2n) is 7.98. The molecule has 6 heteroatoms. The van der Waals surface area contributed by atoms with Crippen LogP contribution in [0.1, 0.15) is 29.6 Å². The Kier molecular flexibility index (Phi) is 4.63. The molecule has 152 valence electrons. The number of Topliss-reactive ketones (excluding diaryl/α,β-unsaturated/α-hetero) is 1. The van der Waals surface area contributed by atoms with Crippen LogP contribution in [-0.2, 0) is 0 Å². The first-order valence-corrected chi connectivity index (χ1v) is 10.5. The van der Waals surface area contributed by atoms with Gasteiger partial charge in [-0.05, 0) is 29.7 Å². The monoisotopic (exact) mass is 420 g/mol. The molecule has 0 aromatic heterocycles. The minimum atomic E-state index is -0.555. The van der Waals surface area contributed by atoms with Gasteiger partial charge in [0.1, 0.15) is 11.4 Å². The number of likely N-dealkylation sites (tertiary alicyclic amines) is 1. The number of ketones is 1. The van der Waals surface area contributed by atoms with Crippen LogP contribution in [0.5, 0.6) is 5.75 Å². The predicted molar refractivity (Wildman–Crippen MR) is 118 cm³/mol. The molecule has 2 amide bonds. The van der Waals surface area contributed by atoms with E-state index >= 15 is 0 Å². The van der Waals surface area contributed by atoms with E-state index in [0.717, 1.165) is 10.8 Å². The third kappa shape index (κ3) is 3.39. The van der Waals surface area contributed by atoms with Crippen LogP contribution >= 0.6 is 11.6 Å². The molecule has 2 heterocycles. The first-order valence-electron chi connectivity index (χ1n) is 10.1. The topological polar surface area (TPSA) is 58.6 Å². The first-order chi connectivity index (χ1) is 14.5. The summed E-state index contributed by atoms with van der Waals surface area (Å²) < 4.78 is 6.51. The number of fused-ring (bicyclic) bond motifs is 3. The summed E-state index contributed by atoms with van der Waals surface area (Å²) in [5.74, 6) is 0.792. The van der Waals surface area contributed by atoms with Gasteiger partial charge >= 0.3 is 6.03 Å². The van der Waals surface area contributed by atoms with Crippen LogP contribution in [0.4, 0.5) is 10.5 Å². The van der Waals surface area contributed by atoms with Crippen LogP contribution in [0.15, 0.2) is 60.7 Å². The number of halogens is 1. The highest BCUT2D eigenvalue weighted by molar-refractivity contribution is 6.30. The molecule has 0 atom stereocenters. The molecule has 2 aliphatic heterocycles. The molecule has 1 fully saturated rings. The number of amides is 2. The zero-order chi connectivity index (χ0) is 20.7. The lowest BCUT2D eigenvalue weighted by Crippen LogP contribution is -2.53. The van der Waals surface area contributed by atoms with Gasteiger partial charge in [-0.1, -0.05) is 48.0 Å². The second-order valence-corrected chi connectivity index (χ2v) is 8.41. The summed E-state index contributed by atoms with van der Waals surface area (Å²) in [6, 6.07) is 18.7. The lowest BCUT2D eigenvalue weighted by Gasteiger charge is -2.44. The van der Waals surface area contributed by atoms with Crippen molar-refractivity contribution in [2.75, 3.05) is 18.4 Å². The third-order valence-corrected chi connectivity index (χ3v) is 6.25. The van der Waals surface area contributed by atoms with Gasteiger partial charge in [-0.2, -0.15) is 0 Å². The highest BCUT2D eigenvalue weighted by Crippen LogP contribution is 2.43. The van der Waals surface area contributed by atoms with Gasteiger partial charge in [0.2, 0.25) is 0 Å². The molecular weight excluding hydrogens is 400 g/mol. The summed E-state index contributed by atoms with van der Waals surface area (Å²) in [6.07, 6.45) is 1.58. The van der Waals surface area contributed by atoms with Crippen molar-refractivity contribution >= 4 is 39.9 Å². The standard InChI is InChI=1S/C24H21ClN2O3/c25-17-5-3-6-18(14-17)26-23(29)27-12-10-24(11-13-27)15-21(28)20-9-8-16-4-1-2-7-19(16)22(20)30-24/h1-9,14H,10-13,15H2,(H,26,29). The molecule has 1 saturated heterocycles. The number of nitrogens with zero attached hydrogens (tertiary/aromatic N) is 1. The first kappa shape index (κ1) is 18.9. The third-order valence-electron chi connectivity index (χ3n) is 6.02. The lowest BCUT2D eigenvalue weighted by atomic mass is 9.82. The Morgan fingerprint density at radius 3 is 2.63 bits per heavy atom. The van der Waals surface area contributed by atoms with Gasteiger partial charge in [-0.25, -0.2) is 4.79 Å². The number of anilines is 1. The Morgan fingerprint density at radius 1 is 1.03 bits per heavy atom. The molecule has 0 saturated carbocycles. The summed E-state index contributed by atoms with van der Waals surface area (Å²) in [5.41, 5.74) is 0.763. The number of hydrogen-bond donors (Lipinski definition) is 1. The van der Waals surface area contributed by atoms with Gasteiger partial charge in [0.15, 0.2) is 5.78 Å². The summed E-state index contributed by atoms with van der Waals surface area (Å²) in [4.78, 5) is 27.3. The molecule has 2 aliphatic rings. The van der Waals surface area contributed by atoms with E-state index in [9.17, 15) is 9.59 Å². The fourth-order valence-electron chi connectivity index (χ4n) is 4.38. The molecule has 0 aliphatic carbocycles. The number of urea groups is 1. The molecular formula is C24H21ClN2O3. The van der Waals surface area contributed by atoms with E-state index in [0.29, 0.717) is 54.4 Å². The van der Waals surface area contributed by atoms with Crippen molar-refractivity contribution in [3.05, 3.63) is 71.2 Å². The predicted octanol–water partition coefficient (Wildman–Crippen LogP) is 5.53. The number of ether oxygens (including phenoxy) is 1. The molecule has 0 unspecified atom stereocenters. The summed E-state index contributed by atoms with van der Waals surface area (Å²) in [5, 5.41) is 5.48. The normalized spacial score (nSPS) is 17.5. The molecule has 0 radical (unpaired) electrons. The summed E-state index contributed by atoms with van der Waals surface area (Å²) in [7, 11) is 0. The largest absolute Gasteiger partial charge is 0.485 e. The van der Waals surface area contributed by atoms with Crippen LogP contribution in [0.2, 0.25) is 5.02 Å². The van der Waals surface area contributed by atoms with Crippen LogP contribution in [-0.4, -0.2) is 35.4 Å². The minimum Gasteiger partial charge on any atom is -0.485 e. The van der Waals surface area contributed by atoms with Crippen LogP contribution < -0.4 is 10.1 Å². The van der Waals surface area contributed by atoms with Gasteiger partial charge in [-0.3, -0.25) is 4.79 Å². The van der Waals surface area contributed by atoms with E-state index < -0.39 is 5.60 Å². The van der Waals surface area contributed by atoms with Crippen LogP contribution in [0.3, 0.4) is 0 Å². The van der Waals surface area contributed by atoms with Gasteiger partial charge < -0.3 is 15.0 Å². The Hall–Kier alpha value is -3.05. The van der Waals surface area contributed by atoms with E-state index in [2.05, 4.69) is 5.32 Å². The van der Waals surface area contributed by atoms with Crippen molar-refractivity contribution < 1.29 is 14.3 Å². The highest BCUT2D eigenvalue weighted by atomic mass is 35.5. The zero-order valence-electron chi connectivity index (χ0n) is 16.4. The van der Waals surface area contributed by atoms with E-state index in [4.69, 9.17) is 16.3 Å². The van der Waals surface area contributed by atoms with Crippen molar-refractivity contribution in [2.24, 2.45) is 0 Å². The van der Waals surface area contributed by atoms with Crippen molar-refractivity contribution in [2.45, 2.75) is 24.9 Å². The maximum Gasteiger partial charge on any atom is 0.321 e. The molecule has 5 rings (SSSR count). The van der Waals surface area contributed by atoms with E-state index in [1.165, 1.54) is 0 Å². The average molecular weight is 421 g/mol. The average Bonchev–Trinajstić information content (AvgIpc) is 2.74. The van der Waals surface area contributed by atoms with Crippen molar-refractivity contribution in [1.29, 1.82) is 0 Å². The molecule has 5 nitrogen and oxygen atoms in total. The Balaban J connectivity index is 1.33. The zero-order valence-corrected chi connectivity index (χ0v) is 17.1. The van der Waals surface area contributed by atoms with E-state index in [1.54, 1.807) is 29.2 Å². The smallest absolute Gasteiger partial charge is 0.321 e. The number of carbonyl (C=O) groups excluding carboxylic acids is 2. The quantitative estimate of drug-likeness (QED) is 0.563. The van der Waals surface area contributed by atoms with Gasteiger partial charge in [-0.15, -0.1) is 0 Å². The Bertz CT molecular complexity index is 1150. The van der Waals surface area contributed by atoms with E-state index in [1.807, 2.05) is 36.4 Å². The summed E-state index contributed by atoms with van der Waals surface area (Å²) in [6.45, 7) is 1.06. The number of rotatable bonds is 1. The summed E-state index contributed by atoms with van der Waals surface area (Å²) >= 11 is 5.99. The van der Waals surface area contributed by atoms with Crippen molar-refractivity contribution in [3.63, 3.8) is 0 Å². The molecule has 1 N–H and O–H groups in total. The van der Waals surface area contributed by atoms with Gasteiger partial charge in [0.25, 0.3) is 0 Å². The van der Waals surface area contributed by atoms with Gasteiger partial charge in [0, 0.05) is 42.0 Å². The Labute approximate surface area is 179 Å². The molecule has 1 spiro atoms. The van der Waals surface area contributed by atoms with Gasteiger partial charge in [0.05, 0.1) is 12.0 Å². The molecule has 0 bridgehead atoms. The maximum atomic E-state index is 12.9. The molecule has 3 aromatic carbocycles.